The lowest BCUT2D eigenvalue weighted by Crippen LogP contribution is -2.24. The second kappa shape index (κ2) is 6.09. The fourth-order valence-electron chi connectivity index (χ4n) is 1.24. The first-order valence-corrected chi connectivity index (χ1v) is 6.46. The highest BCUT2D eigenvalue weighted by Gasteiger charge is 2.14. The van der Waals surface area contributed by atoms with E-state index < -0.39 is 0 Å². The number of aromatic nitrogens is 1. The van der Waals surface area contributed by atoms with Gasteiger partial charge in [-0.05, 0) is 24.2 Å². The molecule has 0 radical (unpaired) electrons. The average Bonchev–Trinajstić information content (AvgIpc) is 2.52. The van der Waals surface area contributed by atoms with Crippen molar-refractivity contribution in [3.05, 3.63) is 17.3 Å². The summed E-state index contributed by atoms with van der Waals surface area (Å²) in [5.74, 6) is 0.702. The van der Waals surface area contributed by atoms with Crippen molar-refractivity contribution < 1.29 is 9.21 Å². The van der Waals surface area contributed by atoms with Crippen LogP contribution in [-0.4, -0.2) is 21.9 Å². The van der Waals surface area contributed by atoms with Crippen LogP contribution in [0, 0.1) is 13.8 Å². The van der Waals surface area contributed by atoms with Crippen LogP contribution in [-0.2, 0) is 0 Å². The van der Waals surface area contributed by atoms with Crippen molar-refractivity contribution >= 4 is 28.5 Å². The quantitative estimate of drug-likeness (QED) is 0.514. The molecule has 0 unspecified atom stereocenters. The average molecular weight is 322 g/mol. The molecular formula is C10H15IN2O2. The molecule has 0 saturated heterocycles. The van der Waals surface area contributed by atoms with Crippen molar-refractivity contribution in [1.82, 2.24) is 10.3 Å². The van der Waals surface area contributed by atoms with Crippen molar-refractivity contribution in [2.24, 2.45) is 0 Å². The van der Waals surface area contributed by atoms with E-state index in [1.165, 1.54) is 0 Å². The van der Waals surface area contributed by atoms with E-state index in [0.29, 0.717) is 23.9 Å². The molecule has 1 N–H and O–H groups in total. The van der Waals surface area contributed by atoms with Crippen LogP contribution in [0.3, 0.4) is 0 Å². The lowest BCUT2D eigenvalue weighted by atomic mass is 10.3. The Balaban J connectivity index is 2.43. The Morgan fingerprint density at radius 1 is 1.47 bits per heavy atom. The summed E-state index contributed by atoms with van der Waals surface area (Å²) >= 11 is 2.32. The summed E-state index contributed by atoms with van der Waals surface area (Å²) in [5, 5.41) is 2.81. The molecule has 0 saturated carbocycles. The Morgan fingerprint density at radius 3 is 2.73 bits per heavy atom. The fraction of sp³-hybridized carbons (Fsp3) is 0.600. The number of amides is 1. The summed E-state index contributed by atoms with van der Waals surface area (Å²) in [6, 6.07) is 0. The minimum absolute atomic E-state index is 0.165. The highest BCUT2D eigenvalue weighted by molar-refractivity contribution is 14.1. The van der Waals surface area contributed by atoms with Gasteiger partial charge in [-0.1, -0.05) is 22.6 Å². The number of aryl methyl sites for hydroxylation is 2. The summed E-state index contributed by atoms with van der Waals surface area (Å²) < 4.78 is 6.33. The number of hydrogen-bond acceptors (Lipinski definition) is 3. The van der Waals surface area contributed by atoms with E-state index in [1.54, 1.807) is 13.8 Å². The van der Waals surface area contributed by atoms with E-state index in [-0.39, 0.29) is 5.91 Å². The molecule has 0 atom stereocenters. The van der Waals surface area contributed by atoms with Crippen molar-refractivity contribution in [1.29, 1.82) is 0 Å². The molecule has 0 spiro atoms. The Labute approximate surface area is 103 Å². The summed E-state index contributed by atoms with van der Waals surface area (Å²) in [7, 11) is 0. The molecule has 1 amide bonds. The van der Waals surface area contributed by atoms with Gasteiger partial charge in [-0.2, -0.15) is 0 Å². The maximum Gasteiger partial charge on any atom is 0.289 e. The number of carbonyl (C=O) groups excluding carboxylic acids is 1. The largest absolute Gasteiger partial charge is 0.436 e. The lowest BCUT2D eigenvalue weighted by Gasteiger charge is -2.01. The van der Waals surface area contributed by atoms with Gasteiger partial charge >= 0.3 is 0 Å². The van der Waals surface area contributed by atoms with E-state index in [1.807, 2.05) is 0 Å². The monoisotopic (exact) mass is 322 g/mol. The number of nitrogens with zero attached hydrogens (tertiary/aromatic N) is 1. The zero-order chi connectivity index (χ0) is 11.3. The Bertz CT molecular complexity index is 336. The third kappa shape index (κ3) is 3.81. The highest BCUT2D eigenvalue weighted by atomic mass is 127. The maximum atomic E-state index is 11.6. The lowest BCUT2D eigenvalue weighted by molar-refractivity contribution is 0.0923. The van der Waals surface area contributed by atoms with Crippen LogP contribution >= 0.6 is 22.6 Å². The molecule has 0 aromatic carbocycles. The van der Waals surface area contributed by atoms with Crippen LogP contribution in [0.15, 0.2) is 4.42 Å². The van der Waals surface area contributed by atoms with Crippen molar-refractivity contribution in [3.63, 3.8) is 0 Å². The van der Waals surface area contributed by atoms with Crippen LogP contribution in [0.4, 0.5) is 0 Å². The number of carbonyl (C=O) groups is 1. The smallest absolute Gasteiger partial charge is 0.289 e. The number of halogens is 1. The molecule has 15 heavy (non-hydrogen) atoms. The molecule has 1 aromatic rings. The molecule has 1 heterocycles. The molecular weight excluding hydrogens is 307 g/mol. The molecule has 5 heteroatoms. The van der Waals surface area contributed by atoms with Crippen LogP contribution < -0.4 is 5.32 Å². The maximum absolute atomic E-state index is 11.6. The summed E-state index contributed by atoms with van der Waals surface area (Å²) in [4.78, 5) is 15.6. The van der Waals surface area contributed by atoms with Gasteiger partial charge in [-0.15, -0.1) is 0 Å². The zero-order valence-corrected chi connectivity index (χ0v) is 11.1. The van der Waals surface area contributed by atoms with E-state index in [2.05, 4.69) is 32.9 Å². The zero-order valence-electron chi connectivity index (χ0n) is 8.97. The molecule has 0 aliphatic carbocycles. The van der Waals surface area contributed by atoms with Gasteiger partial charge in [0.1, 0.15) is 0 Å². The van der Waals surface area contributed by atoms with Gasteiger partial charge in [0.15, 0.2) is 5.89 Å². The Hall–Kier alpha value is -0.590. The van der Waals surface area contributed by atoms with Gasteiger partial charge in [0.25, 0.3) is 5.91 Å². The SMILES string of the molecule is Cc1nc(C)c(C(=O)NCCCCI)o1. The number of hydrogen-bond donors (Lipinski definition) is 1. The summed E-state index contributed by atoms with van der Waals surface area (Å²) in [6.07, 6.45) is 2.12. The van der Waals surface area contributed by atoms with Crippen molar-refractivity contribution in [2.45, 2.75) is 26.7 Å². The molecule has 1 rings (SSSR count). The Morgan fingerprint density at radius 2 is 2.20 bits per heavy atom. The first-order valence-electron chi connectivity index (χ1n) is 4.93. The van der Waals surface area contributed by atoms with Gasteiger partial charge in [-0.25, -0.2) is 4.98 Å². The predicted octanol–water partition coefficient (Wildman–Crippen LogP) is 2.24. The van der Waals surface area contributed by atoms with E-state index in [9.17, 15) is 4.79 Å². The number of rotatable bonds is 5. The topological polar surface area (TPSA) is 55.1 Å². The van der Waals surface area contributed by atoms with Crippen LogP contribution in [0.2, 0.25) is 0 Å². The minimum Gasteiger partial charge on any atom is -0.436 e. The minimum atomic E-state index is -0.165. The van der Waals surface area contributed by atoms with Crippen LogP contribution in [0.5, 0.6) is 0 Å². The first kappa shape index (κ1) is 12.5. The van der Waals surface area contributed by atoms with Crippen LogP contribution in [0.1, 0.15) is 35.0 Å². The predicted molar refractivity (Wildman–Crippen MR) is 66.4 cm³/mol. The second-order valence-electron chi connectivity index (χ2n) is 3.30. The first-order chi connectivity index (χ1) is 7.15. The second-order valence-corrected chi connectivity index (χ2v) is 4.38. The number of oxazole rings is 1. The van der Waals surface area contributed by atoms with Gasteiger partial charge < -0.3 is 9.73 Å². The third-order valence-corrected chi connectivity index (χ3v) is 2.72. The Kier molecular flexibility index (Phi) is 5.07. The van der Waals surface area contributed by atoms with E-state index in [0.717, 1.165) is 17.3 Å². The number of unbranched alkanes of at least 4 members (excludes halogenated alkanes) is 1. The molecule has 4 nitrogen and oxygen atoms in total. The fourth-order valence-corrected chi connectivity index (χ4v) is 1.78. The molecule has 0 aliphatic rings. The van der Waals surface area contributed by atoms with Gasteiger partial charge in [-0.3, -0.25) is 4.79 Å². The normalized spacial score (nSPS) is 10.3. The van der Waals surface area contributed by atoms with Gasteiger partial charge in [0.2, 0.25) is 5.76 Å². The summed E-state index contributed by atoms with van der Waals surface area (Å²) in [5.41, 5.74) is 0.652. The van der Waals surface area contributed by atoms with E-state index in [4.69, 9.17) is 4.42 Å². The molecule has 84 valence electrons. The number of nitrogens with one attached hydrogen (secondary N) is 1. The van der Waals surface area contributed by atoms with Crippen molar-refractivity contribution in [2.75, 3.05) is 11.0 Å². The highest BCUT2D eigenvalue weighted by Crippen LogP contribution is 2.08. The molecule has 1 aromatic heterocycles. The summed E-state index contributed by atoms with van der Waals surface area (Å²) in [6.45, 7) is 4.21. The third-order valence-electron chi connectivity index (χ3n) is 1.96. The van der Waals surface area contributed by atoms with Gasteiger partial charge in [0, 0.05) is 13.5 Å². The number of alkyl halides is 1. The molecule has 0 fully saturated rings. The van der Waals surface area contributed by atoms with E-state index >= 15 is 0 Å². The standard InChI is InChI=1S/C10H15IN2O2/c1-7-9(15-8(2)13-7)10(14)12-6-4-3-5-11/h3-6H2,1-2H3,(H,12,14). The molecule has 0 bridgehead atoms. The van der Waals surface area contributed by atoms with Gasteiger partial charge in [0.05, 0.1) is 5.69 Å². The van der Waals surface area contributed by atoms with Crippen molar-refractivity contribution in [3.8, 4) is 0 Å². The van der Waals surface area contributed by atoms with Crippen LogP contribution in [0.25, 0.3) is 0 Å². The molecule has 0 aliphatic heterocycles.